The number of guanidine groups is 1. The highest BCUT2D eigenvalue weighted by atomic mass is 16.5. The van der Waals surface area contributed by atoms with Crippen LogP contribution >= 0.6 is 0 Å². The Balaban J connectivity index is 1.60. The fourth-order valence-electron chi connectivity index (χ4n) is 3.99. The lowest BCUT2D eigenvalue weighted by molar-refractivity contribution is -0.0238. The standard InChI is InChI=1S/C22H36N4O4/c1-5-23-21(24-16-22(27)7-6-8-22)26-11-9-25(10-12-26)15-17-13-18(28-2)20(30-4)19(14-17)29-3/h13-14,27H,5-12,15-16H2,1-4H3,(H,23,24). The molecule has 0 amide bonds. The average molecular weight is 421 g/mol. The van der Waals surface area contributed by atoms with Gasteiger partial charge in [0.2, 0.25) is 5.75 Å². The minimum absolute atomic E-state index is 0.487. The summed E-state index contributed by atoms with van der Waals surface area (Å²) in [6.45, 7) is 7.87. The van der Waals surface area contributed by atoms with E-state index in [4.69, 9.17) is 19.2 Å². The van der Waals surface area contributed by atoms with Gasteiger partial charge in [0, 0.05) is 39.3 Å². The molecular formula is C22H36N4O4. The molecule has 1 saturated carbocycles. The highest BCUT2D eigenvalue weighted by Gasteiger charge is 2.34. The molecule has 1 aliphatic heterocycles. The van der Waals surface area contributed by atoms with Crippen molar-refractivity contribution in [2.75, 3.05) is 60.6 Å². The molecule has 1 saturated heterocycles. The van der Waals surface area contributed by atoms with E-state index in [0.29, 0.717) is 23.8 Å². The Kier molecular flexibility index (Phi) is 7.66. The summed E-state index contributed by atoms with van der Waals surface area (Å²) in [5.74, 6) is 2.89. The first-order valence-electron chi connectivity index (χ1n) is 10.8. The zero-order chi connectivity index (χ0) is 21.6. The van der Waals surface area contributed by atoms with Crippen LogP contribution in [0.15, 0.2) is 17.1 Å². The van der Waals surface area contributed by atoms with Gasteiger partial charge in [0.25, 0.3) is 0 Å². The van der Waals surface area contributed by atoms with Crippen molar-refractivity contribution in [2.24, 2.45) is 4.99 Å². The van der Waals surface area contributed by atoms with E-state index in [9.17, 15) is 5.11 Å². The molecular weight excluding hydrogens is 384 g/mol. The molecule has 3 rings (SSSR count). The van der Waals surface area contributed by atoms with Gasteiger partial charge in [-0.05, 0) is 43.9 Å². The summed E-state index contributed by atoms with van der Waals surface area (Å²) in [7, 11) is 4.90. The molecule has 8 nitrogen and oxygen atoms in total. The number of hydrogen-bond acceptors (Lipinski definition) is 6. The topological polar surface area (TPSA) is 78.8 Å². The predicted octanol–water partition coefficient (Wildman–Crippen LogP) is 1.71. The summed E-state index contributed by atoms with van der Waals surface area (Å²) in [4.78, 5) is 9.43. The van der Waals surface area contributed by atoms with Crippen LogP contribution in [0.2, 0.25) is 0 Å². The molecule has 1 aromatic carbocycles. The first-order valence-corrected chi connectivity index (χ1v) is 10.8. The Morgan fingerprint density at radius 3 is 2.17 bits per heavy atom. The van der Waals surface area contributed by atoms with Crippen molar-refractivity contribution < 1.29 is 19.3 Å². The number of ether oxygens (including phenoxy) is 3. The number of aliphatic imine (C=N–C) groups is 1. The number of nitrogens with one attached hydrogen (secondary N) is 1. The van der Waals surface area contributed by atoms with Gasteiger partial charge in [-0.15, -0.1) is 0 Å². The van der Waals surface area contributed by atoms with E-state index in [0.717, 1.165) is 70.1 Å². The van der Waals surface area contributed by atoms with E-state index in [1.54, 1.807) is 21.3 Å². The number of hydrogen-bond donors (Lipinski definition) is 2. The first-order chi connectivity index (χ1) is 14.5. The van der Waals surface area contributed by atoms with Gasteiger partial charge in [-0.2, -0.15) is 0 Å². The molecule has 2 fully saturated rings. The van der Waals surface area contributed by atoms with Gasteiger partial charge in [-0.3, -0.25) is 9.89 Å². The second-order valence-electron chi connectivity index (χ2n) is 8.04. The van der Waals surface area contributed by atoms with E-state index in [1.165, 1.54) is 0 Å². The Labute approximate surface area is 179 Å². The molecule has 2 aliphatic rings. The highest BCUT2D eigenvalue weighted by molar-refractivity contribution is 5.80. The van der Waals surface area contributed by atoms with Crippen LogP contribution in [0.1, 0.15) is 31.7 Å². The second-order valence-corrected chi connectivity index (χ2v) is 8.04. The number of rotatable bonds is 8. The Bertz CT molecular complexity index is 703. The van der Waals surface area contributed by atoms with Gasteiger partial charge in [0.15, 0.2) is 17.5 Å². The third-order valence-corrected chi connectivity index (χ3v) is 5.94. The highest BCUT2D eigenvalue weighted by Crippen LogP contribution is 2.38. The van der Waals surface area contributed by atoms with Crippen molar-refractivity contribution in [1.29, 1.82) is 0 Å². The van der Waals surface area contributed by atoms with E-state index in [1.807, 2.05) is 12.1 Å². The third kappa shape index (κ3) is 5.29. The SMILES string of the molecule is CCNC(=NCC1(O)CCC1)N1CCN(Cc2cc(OC)c(OC)c(OC)c2)CC1. The zero-order valence-corrected chi connectivity index (χ0v) is 18.7. The average Bonchev–Trinajstić information content (AvgIpc) is 2.75. The minimum Gasteiger partial charge on any atom is -0.493 e. The maximum atomic E-state index is 10.4. The summed E-state index contributed by atoms with van der Waals surface area (Å²) >= 11 is 0. The normalized spacial score (nSPS) is 19.2. The molecule has 30 heavy (non-hydrogen) atoms. The molecule has 168 valence electrons. The lowest BCUT2D eigenvalue weighted by atomic mass is 9.80. The summed E-state index contributed by atoms with van der Waals surface area (Å²) in [5.41, 5.74) is 0.542. The fraction of sp³-hybridized carbons (Fsp3) is 0.682. The van der Waals surface area contributed by atoms with Gasteiger partial charge in [0.05, 0.1) is 33.5 Å². The van der Waals surface area contributed by atoms with Crippen LogP contribution in [0.5, 0.6) is 17.2 Å². The molecule has 0 atom stereocenters. The van der Waals surface area contributed by atoms with Crippen molar-refractivity contribution in [2.45, 2.75) is 38.3 Å². The zero-order valence-electron chi connectivity index (χ0n) is 18.7. The summed E-state index contributed by atoms with van der Waals surface area (Å²) < 4.78 is 16.4. The molecule has 1 aromatic rings. The number of nitrogens with zero attached hydrogens (tertiary/aromatic N) is 3. The van der Waals surface area contributed by atoms with Gasteiger partial charge in [-0.25, -0.2) is 0 Å². The van der Waals surface area contributed by atoms with Crippen LogP contribution in [0.4, 0.5) is 0 Å². The van der Waals surface area contributed by atoms with E-state index in [-0.39, 0.29) is 0 Å². The van der Waals surface area contributed by atoms with Crippen molar-refractivity contribution in [1.82, 2.24) is 15.1 Å². The maximum Gasteiger partial charge on any atom is 0.203 e. The van der Waals surface area contributed by atoms with Gasteiger partial charge < -0.3 is 29.5 Å². The molecule has 1 aliphatic carbocycles. The summed E-state index contributed by atoms with van der Waals surface area (Å²) in [6.07, 6.45) is 2.82. The second kappa shape index (κ2) is 10.2. The first kappa shape index (κ1) is 22.5. The number of aliphatic hydroxyl groups is 1. The molecule has 0 spiro atoms. The van der Waals surface area contributed by atoms with Crippen molar-refractivity contribution in [3.8, 4) is 17.2 Å². The van der Waals surface area contributed by atoms with Crippen LogP contribution in [-0.4, -0.2) is 87.1 Å². The van der Waals surface area contributed by atoms with Crippen LogP contribution in [0.3, 0.4) is 0 Å². The Morgan fingerprint density at radius 2 is 1.70 bits per heavy atom. The number of piperazine rings is 1. The van der Waals surface area contributed by atoms with Crippen LogP contribution in [0.25, 0.3) is 0 Å². The van der Waals surface area contributed by atoms with Gasteiger partial charge in [-0.1, -0.05) is 0 Å². The Morgan fingerprint density at radius 1 is 1.07 bits per heavy atom. The maximum absolute atomic E-state index is 10.4. The fourth-order valence-corrected chi connectivity index (χ4v) is 3.99. The molecule has 8 heteroatoms. The monoisotopic (exact) mass is 420 g/mol. The van der Waals surface area contributed by atoms with Crippen molar-refractivity contribution >= 4 is 5.96 Å². The minimum atomic E-state index is -0.588. The predicted molar refractivity (Wildman–Crippen MR) is 118 cm³/mol. The van der Waals surface area contributed by atoms with Gasteiger partial charge >= 0.3 is 0 Å². The lowest BCUT2D eigenvalue weighted by Crippen LogP contribution is -2.52. The lowest BCUT2D eigenvalue weighted by Gasteiger charge is -2.38. The van der Waals surface area contributed by atoms with E-state index >= 15 is 0 Å². The smallest absolute Gasteiger partial charge is 0.203 e. The molecule has 0 bridgehead atoms. The van der Waals surface area contributed by atoms with Crippen molar-refractivity contribution in [3.05, 3.63) is 17.7 Å². The molecule has 0 radical (unpaired) electrons. The number of benzene rings is 1. The van der Waals surface area contributed by atoms with E-state index in [2.05, 4.69) is 22.0 Å². The number of methoxy groups -OCH3 is 3. The molecule has 2 N–H and O–H groups in total. The van der Waals surface area contributed by atoms with Crippen LogP contribution in [-0.2, 0) is 6.54 Å². The summed E-state index contributed by atoms with van der Waals surface area (Å²) in [5, 5.41) is 13.7. The molecule has 1 heterocycles. The van der Waals surface area contributed by atoms with E-state index < -0.39 is 5.60 Å². The Hall–Kier alpha value is -2.19. The van der Waals surface area contributed by atoms with Crippen LogP contribution < -0.4 is 19.5 Å². The molecule has 0 unspecified atom stereocenters. The van der Waals surface area contributed by atoms with Crippen LogP contribution in [0, 0.1) is 0 Å². The molecule has 0 aromatic heterocycles. The van der Waals surface area contributed by atoms with Gasteiger partial charge in [0.1, 0.15) is 0 Å². The largest absolute Gasteiger partial charge is 0.493 e. The quantitative estimate of drug-likeness (QED) is 0.490. The summed E-state index contributed by atoms with van der Waals surface area (Å²) in [6, 6.07) is 4.02. The third-order valence-electron chi connectivity index (χ3n) is 5.94. The van der Waals surface area contributed by atoms with Crippen molar-refractivity contribution in [3.63, 3.8) is 0 Å².